The van der Waals surface area contributed by atoms with Gasteiger partial charge in [-0.05, 0) is 42.5 Å². The van der Waals surface area contributed by atoms with Crippen LogP contribution in [0.2, 0.25) is 5.02 Å². The predicted molar refractivity (Wildman–Crippen MR) is 111 cm³/mol. The summed E-state index contributed by atoms with van der Waals surface area (Å²) in [5, 5.41) is -0.602. The molecule has 7 nitrogen and oxygen atoms in total. The molecule has 1 aromatic heterocycles. The molecule has 0 radical (unpaired) electrons. The van der Waals surface area contributed by atoms with Gasteiger partial charge in [-0.1, -0.05) is 11.6 Å². The fourth-order valence-corrected chi connectivity index (χ4v) is 4.43. The topological polar surface area (TPSA) is 86.6 Å². The Hall–Kier alpha value is -3.18. The van der Waals surface area contributed by atoms with E-state index in [0.29, 0.717) is 6.07 Å². The lowest BCUT2D eigenvalue weighted by molar-refractivity contribution is -0.137. The summed E-state index contributed by atoms with van der Waals surface area (Å²) in [5.74, 6) is -0.930. The van der Waals surface area contributed by atoms with E-state index in [4.69, 9.17) is 16.3 Å². The third-order valence-electron chi connectivity index (χ3n) is 4.39. The smallest absolute Gasteiger partial charge is 0.417 e. The maximum Gasteiger partial charge on any atom is 0.417 e. The lowest BCUT2D eigenvalue weighted by Gasteiger charge is -2.18. The average Bonchev–Trinajstić information content (AvgIpc) is 3.27. The highest BCUT2D eigenvalue weighted by atomic mass is 35.5. The van der Waals surface area contributed by atoms with Gasteiger partial charge in [0.1, 0.15) is 10.6 Å². The molecule has 0 aliphatic heterocycles. The van der Waals surface area contributed by atoms with Gasteiger partial charge in [-0.15, -0.1) is 0 Å². The first-order valence-corrected chi connectivity index (χ1v) is 10.7. The number of nitrogens with zero attached hydrogens (tertiary/aromatic N) is 1. The van der Waals surface area contributed by atoms with Crippen molar-refractivity contribution in [1.82, 2.24) is 4.57 Å². The molecule has 3 rings (SSSR count). The first-order chi connectivity index (χ1) is 15.0. The molecule has 0 fully saturated rings. The van der Waals surface area contributed by atoms with Gasteiger partial charge in [0.2, 0.25) is 0 Å². The number of anilines is 1. The van der Waals surface area contributed by atoms with Crippen LogP contribution in [0.5, 0.6) is 5.75 Å². The van der Waals surface area contributed by atoms with Gasteiger partial charge in [0.05, 0.1) is 41.7 Å². The number of alkyl halides is 3. The van der Waals surface area contributed by atoms with Gasteiger partial charge in [0.15, 0.2) is 0 Å². The molecule has 0 amide bonds. The molecule has 1 heterocycles. The Morgan fingerprint density at radius 3 is 2.31 bits per heavy atom. The summed E-state index contributed by atoms with van der Waals surface area (Å²) in [5.41, 5.74) is -1.64. The van der Waals surface area contributed by atoms with Crippen LogP contribution < -0.4 is 9.46 Å². The van der Waals surface area contributed by atoms with Crippen molar-refractivity contribution in [2.75, 3.05) is 18.9 Å². The largest absolute Gasteiger partial charge is 0.495 e. The number of ether oxygens (including phenoxy) is 2. The minimum absolute atomic E-state index is 0.0552. The lowest BCUT2D eigenvalue weighted by atomic mass is 10.1. The van der Waals surface area contributed by atoms with E-state index < -0.39 is 37.7 Å². The summed E-state index contributed by atoms with van der Waals surface area (Å²) in [4.78, 5) is 11.4. The van der Waals surface area contributed by atoms with Crippen LogP contribution in [0.25, 0.3) is 5.69 Å². The van der Waals surface area contributed by atoms with Crippen LogP contribution in [0.4, 0.5) is 18.9 Å². The molecule has 0 bridgehead atoms. The van der Waals surface area contributed by atoms with Gasteiger partial charge < -0.3 is 14.0 Å². The molecule has 170 valence electrons. The molecule has 0 atom stereocenters. The van der Waals surface area contributed by atoms with E-state index >= 15 is 0 Å². The minimum atomic E-state index is -4.82. The number of carbonyl (C=O) groups excluding carboxylic acids is 1. The standard InChI is InChI=1S/C20H16ClF3N2O5S/c1-30-17-6-5-12(19(27)31-2)9-18(17)32(28,29)25-15-10-13(20(22,23)24)14(21)11-16(15)26-7-3-4-8-26/h3-11,25H,1-2H3. The number of carbonyl (C=O) groups is 1. The summed E-state index contributed by atoms with van der Waals surface area (Å²) in [7, 11) is -2.19. The summed E-state index contributed by atoms with van der Waals surface area (Å²) in [6, 6.07) is 8.34. The van der Waals surface area contributed by atoms with Gasteiger partial charge in [0, 0.05) is 12.4 Å². The molecule has 32 heavy (non-hydrogen) atoms. The SMILES string of the molecule is COC(=O)c1ccc(OC)c(S(=O)(=O)Nc2cc(C(F)(F)F)c(Cl)cc2-n2cccc2)c1. The van der Waals surface area contributed by atoms with Crippen LogP contribution in [0.1, 0.15) is 15.9 Å². The molecular weight excluding hydrogens is 473 g/mol. The number of hydrogen-bond acceptors (Lipinski definition) is 5. The lowest BCUT2D eigenvalue weighted by Crippen LogP contribution is -2.18. The van der Waals surface area contributed by atoms with Crippen LogP contribution in [-0.4, -0.2) is 33.2 Å². The molecule has 1 N–H and O–H groups in total. The van der Waals surface area contributed by atoms with Crippen LogP contribution >= 0.6 is 11.6 Å². The number of nitrogens with one attached hydrogen (secondary N) is 1. The number of hydrogen-bond donors (Lipinski definition) is 1. The maximum atomic E-state index is 13.4. The summed E-state index contributed by atoms with van der Waals surface area (Å²) in [6.07, 6.45) is -1.81. The van der Waals surface area contributed by atoms with Gasteiger partial charge >= 0.3 is 12.1 Å². The quantitative estimate of drug-likeness (QED) is 0.506. The number of methoxy groups -OCH3 is 2. The van der Waals surface area contributed by atoms with Gasteiger partial charge in [-0.3, -0.25) is 4.72 Å². The Bertz CT molecular complexity index is 1260. The second-order valence-corrected chi connectivity index (χ2v) is 8.46. The third kappa shape index (κ3) is 4.68. The van der Waals surface area contributed by atoms with E-state index in [1.165, 1.54) is 36.2 Å². The number of esters is 1. The predicted octanol–water partition coefficient (Wildman–Crippen LogP) is 4.75. The number of sulfonamides is 1. The van der Waals surface area contributed by atoms with Crippen LogP contribution in [0.15, 0.2) is 59.8 Å². The van der Waals surface area contributed by atoms with E-state index in [2.05, 4.69) is 9.46 Å². The van der Waals surface area contributed by atoms with Crippen LogP contribution in [-0.2, 0) is 20.9 Å². The first-order valence-electron chi connectivity index (χ1n) is 8.81. The van der Waals surface area contributed by atoms with Crippen molar-refractivity contribution in [3.8, 4) is 11.4 Å². The average molecular weight is 489 g/mol. The highest BCUT2D eigenvalue weighted by molar-refractivity contribution is 7.92. The molecule has 2 aromatic carbocycles. The van der Waals surface area contributed by atoms with Crippen molar-refractivity contribution in [1.29, 1.82) is 0 Å². The van der Waals surface area contributed by atoms with Crippen molar-refractivity contribution >= 4 is 33.3 Å². The Morgan fingerprint density at radius 1 is 1.09 bits per heavy atom. The van der Waals surface area contributed by atoms with Gasteiger partial charge in [0.25, 0.3) is 10.0 Å². The second kappa shape index (κ2) is 8.75. The number of halogens is 4. The van der Waals surface area contributed by atoms with E-state index in [1.54, 1.807) is 12.1 Å². The highest BCUT2D eigenvalue weighted by Crippen LogP contribution is 2.40. The van der Waals surface area contributed by atoms with Crippen molar-refractivity contribution < 1.29 is 35.9 Å². The van der Waals surface area contributed by atoms with Crippen LogP contribution in [0, 0.1) is 0 Å². The summed E-state index contributed by atoms with van der Waals surface area (Å²) < 4.78 is 79.7. The molecule has 0 saturated heterocycles. The Labute approximate surface area is 186 Å². The van der Waals surface area contributed by atoms with E-state index in [9.17, 15) is 26.4 Å². The number of rotatable bonds is 6. The van der Waals surface area contributed by atoms with E-state index in [-0.39, 0.29) is 22.7 Å². The molecule has 0 aliphatic rings. The van der Waals surface area contributed by atoms with E-state index in [1.807, 2.05) is 0 Å². The second-order valence-electron chi connectivity index (χ2n) is 6.40. The first kappa shape index (κ1) is 23.5. The normalized spacial score (nSPS) is 11.8. The monoisotopic (exact) mass is 488 g/mol. The summed E-state index contributed by atoms with van der Waals surface area (Å²) in [6.45, 7) is 0. The Morgan fingerprint density at radius 2 is 1.75 bits per heavy atom. The Kier molecular flexibility index (Phi) is 6.42. The molecular formula is C20H16ClF3N2O5S. The minimum Gasteiger partial charge on any atom is -0.495 e. The highest BCUT2D eigenvalue weighted by Gasteiger charge is 2.35. The molecule has 0 spiro atoms. The van der Waals surface area contributed by atoms with Crippen molar-refractivity contribution in [3.05, 3.63) is 71.0 Å². The zero-order valence-corrected chi connectivity index (χ0v) is 18.2. The molecule has 0 unspecified atom stereocenters. The van der Waals surface area contributed by atoms with Gasteiger partial charge in [-0.25, -0.2) is 13.2 Å². The Balaban J connectivity index is 2.18. The van der Waals surface area contributed by atoms with Gasteiger partial charge in [-0.2, -0.15) is 13.2 Å². The van der Waals surface area contributed by atoms with Crippen LogP contribution in [0.3, 0.4) is 0 Å². The number of aromatic nitrogens is 1. The molecule has 12 heteroatoms. The third-order valence-corrected chi connectivity index (χ3v) is 6.09. The van der Waals surface area contributed by atoms with Crippen molar-refractivity contribution in [2.45, 2.75) is 11.1 Å². The maximum absolute atomic E-state index is 13.4. The van der Waals surface area contributed by atoms with E-state index in [0.717, 1.165) is 19.2 Å². The molecule has 0 saturated carbocycles. The zero-order chi connectivity index (χ0) is 23.7. The molecule has 3 aromatic rings. The van der Waals surface area contributed by atoms with Crippen molar-refractivity contribution in [3.63, 3.8) is 0 Å². The number of benzene rings is 2. The van der Waals surface area contributed by atoms with Crippen molar-refractivity contribution in [2.24, 2.45) is 0 Å². The fraction of sp³-hybridized carbons (Fsp3) is 0.150. The fourth-order valence-electron chi connectivity index (χ4n) is 2.90. The molecule has 0 aliphatic carbocycles. The zero-order valence-electron chi connectivity index (χ0n) is 16.6. The summed E-state index contributed by atoms with van der Waals surface area (Å²) >= 11 is 5.83.